The van der Waals surface area contributed by atoms with Crippen molar-refractivity contribution in [3.63, 3.8) is 0 Å². The second kappa shape index (κ2) is 4.74. The van der Waals surface area contributed by atoms with E-state index in [0.717, 1.165) is 16.1 Å². The summed E-state index contributed by atoms with van der Waals surface area (Å²) < 4.78 is 1.07. The van der Waals surface area contributed by atoms with E-state index in [1.165, 1.54) is 0 Å². The zero-order chi connectivity index (χ0) is 9.84. The first kappa shape index (κ1) is 10.7. The fourth-order valence-corrected chi connectivity index (χ4v) is 1.41. The van der Waals surface area contributed by atoms with Crippen molar-refractivity contribution >= 4 is 28.5 Å². The maximum atomic E-state index is 4.24. The van der Waals surface area contributed by atoms with Crippen molar-refractivity contribution in [3.05, 3.63) is 16.0 Å². The third-order valence-corrected chi connectivity index (χ3v) is 2.14. The average Bonchev–Trinajstić information content (AvgIpc) is 2.04. The molecule has 1 aromatic heterocycles. The molecule has 4 heteroatoms. The Morgan fingerprint density at radius 2 is 1.92 bits per heavy atom. The maximum Gasteiger partial charge on any atom is 0.225 e. The van der Waals surface area contributed by atoms with Gasteiger partial charge in [-0.05, 0) is 28.5 Å². The van der Waals surface area contributed by atoms with Crippen LogP contribution in [0.25, 0.3) is 0 Å². The summed E-state index contributed by atoms with van der Waals surface area (Å²) >= 11 is 2.20. The predicted molar refractivity (Wildman–Crippen MR) is 62.9 cm³/mol. The van der Waals surface area contributed by atoms with Crippen LogP contribution >= 0.6 is 22.6 Å². The van der Waals surface area contributed by atoms with Gasteiger partial charge in [0.25, 0.3) is 0 Å². The largest absolute Gasteiger partial charge is 0.344 e. The lowest BCUT2D eigenvalue weighted by molar-refractivity contribution is 0.630. The van der Waals surface area contributed by atoms with Crippen LogP contribution in [-0.2, 0) is 0 Å². The molecule has 0 aliphatic rings. The number of hydrogen-bond acceptors (Lipinski definition) is 3. The number of nitrogens with zero attached hydrogens (tertiary/aromatic N) is 3. The molecule has 0 atom stereocenters. The Labute approximate surface area is 92.7 Å². The molecule has 13 heavy (non-hydrogen) atoms. The summed E-state index contributed by atoms with van der Waals surface area (Å²) in [6, 6.07) is 0. The third-order valence-electron chi connectivity index (χ3n) is 1.59. The zero-order valence-electron chi connectivity index (χ0n) is 8.16. The Bertz CT molecular complexity index is 258. The number of aromatic nitrogens is 2. The van der Waals surface area contributed by atoms with Crippen LogP contribution in [0.5, 0.6) is 0 Å². The first-order valence-electron chi connectivity index (χ1n) is 4.28. The minimum Gasteiger partial charge on any atom is -0.344 e. The lowest BCUT2D eigenvalue weighted by atomic mass is 10.2. The SMILES string of the molecule is CC(C)CN(C)c1ncc(I)cn1. The van der Waals surface area contributed by atoms with Crippen LogP contribution in [0.15, 0.2) is 12.4 Å². The van der Waals surface area contributed by atoms with E-state index < -0.39 is 0 Å². The molecular weight excluding hydrogens is 277 g/mol. The molecule has 3 nitrogen and oxygen atoms in total. The van der Waals surface area contributed by atoms with Crippen LogP contribution in [0.2, 0.25) is 0 Å². The van der Waals surface area contributed by atoms with Crippen molar-refractivity contribution in [1.29, 1.82) is 0 Å². The highest BCUT2D eigenvalue weighted by Crippen LogP contribution is 2.08. The van der Waals surface area contributed by atoms with Gasteiger partial charge in [0, 0.05) is 29.6 Å². The van der Waals surface area contributed by atoms with E-state index in [1.54, 1.807) is 0 Å². The Kier molecular flexibility index (Phi) is 3.90. The van der Waals surface area contributed by atoms with Gasteiger partial charge in [-0.15, -0.1) is 0 Å². The lowest BCUT2D eigenvalue weighted by Gasteiger charge is -2.18. The molecule has 0 unspecified atom stereocenters. The molecule has 1 heterocycles. The van der Waals surface area contributed by atoms with Crippen molar-refractivity contribution in [2.45, 2.75) is 13.8 Å². The van der Waals surface area contributed by atoms with Crippen molar-refractivity contribution in [1.82, 2.24) is 9.97 Å². The molecular formula is C9H14IN3. The van der Waals surface area contributed by atoms with Gasteiger partial charge < -0.3 is 4.90 Å². The topological polar surface area (TPSA) is 29.0 Å². The van der Waals surface area contributed by atoms with E-state index in [0.29, 0.717) is 5.92 Å². The first-order valence-corrected chi connectivity index (χ1v) is 5.36. The maximum absolute atomic E-state index is 4.24. The summed E-state index contributed by atoms with van der Waals surface area (Å²) in [5, 5.41) is 0. The number of halogens is 1. The molecule has 0 amide bonds. The van der Waals surface area contributed by atoms with Crippen LogP contribution in [0, 0.1) is 9.49 Å². The molecule has 0 saturated carbocycles. The number of rotatable bonds is 3. The molecule has 0 bridgehead atoms. The van der Waals surface area contributed by atoms with Gasteiger partial charge in [-0.1, -0.05) is 13.8 Å². The Balaban J connectivity index is 2.66. The van der Waals surface area contributed by atoms with Crippen molar-refractivity contribution in [2.75, 3.05) is 18.5 Å². The fourth-order valence-electron chi connectivity index (χ4n) is 1.13. The molecule has 0 aliphatic carbocycles. The molecule has 0 aliphatic heterocycles. The summed E-state index contributed by atoms with van der Waals surface area (Å²) in [5.74, 6) is 1.43. The molecule has 0 fully saturated rings. The molecule has 0 saturated heterocycles. The fraction of sp³-hybridized carbons (Fsp3) is 0.556. The molecule has 0 radical (unpaired) electrons. The van der Waals surface area contributed by atoms with Gasteiger partial charge in [0.2, 0.25) is 5.95 Å². The van der Waals surface area contributed by atoms with Gasteiger partial charge in [-0.2, -0.15) is 0 Å². The van der Waals surface area contributed by atoms with Gasteiger partial charge in [0.1, 0.15) is 0 Å². The van der Waals surface area contributed by atoms with E-state index in [-0.39, 0.29) is 0 Å². The van der Waals surface area contributed by atoms with Gasteiger partial charge in [-0.25, -0.2) is 9.97 Å². The molecule has 1 rings (SSSR count). The second-order valence-electron chi connectivity index (χ2n) is 3.48. The Morgan fingerprint density at radius 3 is 2.38 bits per heavy atom. The smallest absolute Gasteiger partial charge is 0.225 e. The van der Waals surface area contributed by atoms with Crippen LogP contribution < -0.4 is 4.90 Å². The first-order chi connectivity index (χ1) is 6.09. The van der Waals surface area contributed by atoms with Crippen LogP contribution in [0.3, 0.4) is 0 Å². The van der Waals surface area contributed by atoms with Crippen LogP contribution in [-0.4, -0.2) is 23.6 Å². The second-order valence-corrected chi connectivity index (χ2v) is 4.72. The minimum absolute atomic E-state index is 0.632. The highest BCUT2D eigenvalue weighted by molar-refractivity contribution is 14.1. The van der Waals surface area contributed by atoms with Crippen molar-refractivity contribution in [2.24, 2.45) is 5.92 Å². The molecule has 1 aromatic rings. The Hall–Kier alpha value is -0.390. The number of hydrogen-bond donors (Lipinski definition) is 0. The van der Waals surface area contributed by atoms with Gasteiger partial charge in [-0.3, -0.25) is 0 Å². The van der Waals surface area contributed by atoms with Crippen molar-refractivity contribution in [3.8, 4) is 0 Å². The minimum atomic E-state index is 0.632. The van der Waals surface area contributed by atoms with E-state index in [4.69, 9.17) is 0 Å². The quantitative estimate of drug-likeness (QED) is 0.799. The predicted octanol–water partition coefficient (Wildman–Crippen LogP) is 2.17. The summed E-state index contributed by atoms with van der Waals surface area (Å²) in [5.41, 5.74) is 0. The lowest BCUT2D eigenvalue weighted by Crippen LogP contribution is -2.24. The molecule has 0 spiro atoms. The highest BCUT2D eigenvalue weighted by Gasteiger charge is 2.04. The average molecular weight is 291 g/mol. The van der Waals surface area contributed by atoms with Gasteiger partial charge >= 0.3 is 0 Å². The summed E-state index contributed by atoms with van der Waals surface area (Å²) in [6.45, 7) is 5.35. The monoisotopic (exact) mass is 291 g/mol. The van der Waals surface area contributed by atoms with Crippen LogP contribution in [0.1, 0.15) is 13.8 Å². The third kappa shape index (κ3) is 3.46. The number of anilines is 1. The highest BCUT2D eigenvalue weighted by atomic mass is 127. The summed E-state index contributed by atoms with van der Waals surface area (Å²) in [6.07, 6.45) is 3.67. The molecule has 0 aromatic carbocycles. The van der Waals surface area contributed by atoms with E-state index >= 15 is 0 Å². The molecule has 72 valence electrons. The zero-order valence-corrected chi connectivity index (χ0v) is 10.3. The van der Waals surface area contributed by atoms with Gasteiger partial charge in [0.05, 0.1) is 0 Å². The van der Waals surface area contributed by atoms with Crippen LogP contribution in [0.4, 0.5) is 5.95 Å². The summed E-state index contributed by atoms with van der Waals surface area (Å²) in [7, 11) is 2.02. The summed E-state index contributed by atoms with van der Waals surface area (Å²) in [4.78, 5) is 10.5. The van der Waals surface area contributed by atoms with Crippen molar-refractivity contribution < 1.29 is 0 Å². The standard InChI is InChI=1S/C9H14IN3/c1-7(2)6-13(3)9-11-4-8(10)5-12-9/h4-5,7H,6H2,1-3H3. The normalized spacial score (nSPS) is 10.5. The van der Waals surface area contributed by atoms with E-state index in [2.05, 4.69) is 51.3 Å². The van der Waals surface area contributed by atoms with E-state index in [1.807, 2.05) is 19.4 Å². The van der Waals surface area contributed by atoms with Gasteiger partial charge in [0.15, 0.2) is 0 Å². The van der Waals surface area contributed by atoms with E-state index in [9.17, 15) is 0 Å². The Morgan fingerprint density at radius 1 is 1.38 bits per heavy atom. The molecule has 0 N–H and O–H groups in total.